The molecule has 0 aliphatic carbocycles. The van der Waals surface area contributed by atoms with Crippen LogP contribution in [0.15, 0.2) is 58.0 Å². The Bertz CT molecular complexity index is 895. The lowest BCUT2D eigenvalue weighted by Crippen LogP contribution is -2.36. The minimum absolute atomic E-state index is 0.264. The van der Waals surface area contributed by atoms with Crippen molar-refractivity contribution in [1.29, 1.82) is 0 Å². The maximum absolute atomic E-state index is 13.6. The number of rotatable bonds is 5. The zero-order valence-corrected chi connectivity index (χ0v) is 14.8. The number of hydrogen-bond donors (Lipinski definition) is 2. The summed E-state index contributed by atoms with van der Waals surface area (Å²) < 4.78 is 18.9. The first-order valence-electron chi connectivity index (χ1n) is 7.92. The summed E-state index contributed by atoms with van der Waals surface area (Å²) in [6.07, 6.45) is 0. The number of nitrogens with one attached hydrogen (secondary N) is 2. The van der Waals surface area contributed by atoms with Gasteiger partial charge in [-0.15, -0.1) is 0 Å². The molecule has 2 aromatic carbocycles. The molecular weight excluding hydrogens is 357 g/mol. The Hall–Kier alpha value is -2.93. The third-order valence-electron chi connectivity index (χ3n) is 3.61. The molecule has 26 heavy (non-hydrogen) atoms. The molecule has 0 saturated carbocycles. The highest BCUT2D eigenvalue weighted by Crippen LogP contribution is 2.18. The standard InChI is InChI=1S/C18H17ClFN5O/c1-21-18(22-10-13-4-2-3-5-15(13)20)23-11-16-24-17(25-26-16)12-6-8-14(19)9-7-12/h2-9H,10-11H2,1H3,(H2,21,22,23). The highest BCUT2D eigenvalue weighted by molar-refractivity contribution is 6.30. The lowest BCUT2D eigenvalue weighted by Gasteiger charge is -2.10. The zero-order valence-electron chi connectivity index (χ0n) is 14.0. The van der Waals surface area contributed by atoms with E-state index in [0.29, 0.717) is 34.8 Å². The van der Waals surface area contributed by atoms with Gasteiger partial charge in [-0.2, -0.15) is 4.98 Å². The second-order valence-corrected chi connectivity index (χ2v) is 5.83. The lowest BCUT2D eigenvalue weighted by atomic mass is 10.2. The van der Waals surface area contributed by atoms with Gasteiger partial charge in [0.25, 0.3) is 0 Å². The molecule has 8 heteroatoms. The van der Waals surface area contributed by atoms with E-state index in [4.69, 9.17) is 16.1 Å². The molecule has 0 radical (unpaired) electrons. The number of nitrogens with zero attached hydrogens (tertiary/aromatic N) is 3. The normalized spacial score (nSPS) is 11.4. The Morgan fingerprint density at radius 1 is 1.12 bits per heavy atom. The molecule has 3 rings (SSSR count). The van der Waals surface area contributed by atoms with Gasteiger partial charge in [-0.05, 0) is 30.3 Å². The van der Waals surface area contributed by atoms with Gasteiger partial charge in [0, 0.05) is 29.7 Å². The number of aromatic nitrogens is 2. The Balaban J connectivity index is 1.56. The number of hydrogen-bond acceptors (Lipinski definition) is 4. The van der Waals surface area contributed by atoms with Gasteiger partial charge in [-0.1, -0.05) is 35.0 Å². The van der Waals surface area contributed by atoms with Crippen LogP contribution in [-0.2, 0) is 13.1 Å². The van der Waals surface area contributed by atoms with Crippen LogP contribution in [0, 0.1) is 5.82 Å². The fourth-order valence-corrected chi connectivity index (χ4v) is 2.37. The number of guanidine groups is 1. The maximum atomic E-state index is 13.6. The molecule has 1 aromatic heterocycles. The summed E-state index contributed by atoms with van der Waals surface area (Å²) in [6.45, 7) is 0.601. The minimum Gasteiger partial charge on any atom is -0.352 e. The molecule has 134 valence electrons. The molecule has 3 aromatic rings. The Kier molecular flexibility index (Phi) is 5.80. The third-order valence-corrected chi connectivity index (χ3v) is 3.86. The summed E-state index contributed by atoms with van der Waals surface area (Å²) in [6, 6.07) is 13.7. The maximum Gasteiger partial charge on any atom is 0.246 e. The van der Waals surface area contributed by atoms with Crippen molar-refractivity contribution in [2.75, 3.05) is 7.05 Å². The average molecular weight is 374 g/mol. The molecule has 0 spiro atoms. The quantitative estimate of drug-likeness (QED) is 0.529. The van der Waals surface area contributed by atoms with Crippen LogP contribution in [0.1, 0.15) is 11.5 Å². The number of halogens is 2. The molecular formula is C18H17ClFN5O. The van der Waals surface area contributed by atoms with Crippen molar-refractivity contribution in [3.05, 3.63) is 70.8 Å². The van der Waals surface area contributed by atoms with E-state index < -0.39 is 0 Å². The summed E-state index contributed by atoms with van der Waals surface area (Å²) in [4.78, 5) is 8.41. The first-order chi connectivity index (χ1) is 12.7. The second kappa shape index (κ2) is 8.44. The van der Waals surface area contributed by atoms with E-state index in [1.165, 1.54) is 6.07 Å². The SMILES string of the molecule is CN=C(NCc1nc(-c2ccc(Cl)cc2)no1)NCc1ccccc1F. The molecule has 0 saturated heterocycles. The van der Waals surface area contributed by atoms with Crippen LogP contribution in [0.2, 0.25) is 5.02 Å². The molecule has 0 amide bonds. The van der Waals surface area contributed by atoms with Gasteiger partial charge in [0.05, 0.1) is 6.54 Å². The smallest absolute Gasteiger partial charge is 0.246 e. The monoisotopic (exact) mass is 373 g/mol. The third kappa shape index (κ3) is 4.58. The Morgan fingerprint density at radius 2 is 1.85 bits per heavy atom. The lowest BCUT2D eigenvalue weighted by molar-refractivity contribution is 0.375. The topological polar surface area (TPSA) is 75.3 Å². The van der Waals surface area contributed by atoms with Crippen LogP contribution in [0.3, 0.4) is 0 Å². The van der Waals surface area contributed by atoms with Crippen molar-refractivity contribution in [3.63, 3.8) is 0 Å². The molecule has 0 bridgehead atoms. The van der Waals surface area contributed by atoms with E-state index >= 15 is 0 Å². The van der Waals surface area contributed by atoms with E-state index in [1.54, 1.807) is 37.4 Å². The second-order valence-electron chi connectivity index (χ2n) is 5.39. The van der Waals surface area contributed by atoms with Crippen LogP contribution in [0.4, 0.5) is 4.39 Å². The predicted octanol–water partition coefficient (Wildman–Crippen LogP) is 3.39. The summed E-state index contributed by atoms with van der Waals surface area (Å²) in [5.41, 5.74) is 1.37. The Morgan fingerprint density at radius 3 is 2.58 bits per heavy atom. The predicted molar refractivity (Wildman–Crippen MR) is 98.2 cm³/mol. The first kappa shape index (κ1) is 17.9. The van der Waals surface area contributed by atoms with E-state index in [9.17, 15) is 4.39 Å². The molecule has 0 aliphatic heterocycles. The van der Waals surface area contributed by atoms with Crippen molar-refractivity contribution >= 4 is 17.6 Å². The number of aliphatic imine (C=N–C) groups is 1. The van der Waals surface area contributed by atoms with Crippen LogP contribution < -0.4 is 10.6 Å². The van der Waals surface area contributed by atoms with E-state index in [0.717, 1.165) is 5.56 Å². The van der Waals surface area contributed by atoms with Crippen molar-refractivity contribution in [2.24, 2.45) is 4.99 Å². The van der Waals surface area contributed by atoms with Gasteiger partial charge >= 0.3 is 0 Å². The zero-order chi connectivity index (χ0) is 18.4. The molecule has 1 heterocycles. The van der Waals surface area contributed by atoms with Gasteiger partial charge in [0.1, 0.15) is 5.82 Å². The van der Waals surface area contributed by atoms with Crippen molar-refractivity contribution in [3.8, 4) is 11.4 Å². The minimum atomic E-state index is -0.264. The summed E-state index contributed by atoms with van der Waals surface area (Å²) in [5, 5.41) is 10.7. The molecule has 0 aliphatic rings. The van der Waals surface area contributed by atoms with Crippen molar-refractivity contribution < 1.29 is 8.91 Å². The first-order valence-corrected chi connectivity index (χ1v) is 8.30. The van der Waals surface area contributed by atoms with Crippen LogP contribution in [-0.4, -0.2) is 23.1 Å². The number of benzene rings is 2. The average Bonchev–Trinajstić information content (AvgIpc) is 3.13. The Labute approximate surface area is 155 Å². The summed E-state index contributed by atoms with van der Waals surface area (Å²) in [5.74, 6) is 1.12. The summed E-state index contributed by atoms with van der Waals surface area (Å²) in [7, 11) is 1.63. The van der Waals surface area contributed by atoms with Gasteiger partial charge in [0.2, 0.25) is 11.7 Å². The van der Waals surface area contributed by atoms with Gasteiger partial charge < -0.3 is 15.2 Å². The van der Waals surface area contributed by atoms with E-state index in [1.807, 2.05) is 12.1 Å². The van der Waals surface area contributed by atoms with Crippen LogP contribution in [0.25, 0.3) is 11.4 Å². The van der Waals surface area contributed by atoms with Gasteiger partial charge in [0.15, 0.2) is 5.96 Å². The fourth-order valence-electron chi connectivity index (χ4n) is 2.24. The molecule has 2 N–H and O–H groups in total. The van der Waals surface area contributed by atoms with Gasteiger partial charge in [-0.3, -0.25) is 4.99 Å². The molecule has 0 fully saturated rings. The molecule has 0 atom stereocenters. The van der Waals surface area contributed by atoms with Gasteiger partial charge in [-0.25, -0.2) is 4.39 Å². The summed E-state index contributed by atoms with van der Waals surface area (Å²) >= 11 is 5.87. The molecule has 6 nitrogen and oxygen atoms in total. The fraction of sp³-hybridized carbons (Fsp3) is 0.167. The van der Waals surface area contributed by atoms with E-state index in [2.05, 4.69) is 25.8 Å². The largest absolute Gasteiger partial charge is 0.352 e. The molecule has 0 unspecified atom stereocenters. The van der Waals surface area contributed by atoms with Crippen molar-refractivity contribution in [1.82, 2.24) is 20.8 Å². The highest BCUT2D eigenvalue weighted by Gasteiger charge is 2.09. The van der Waals surface area contributed by atoms with Crippen molar-refractivity contribution in [2.45, 2.75) is 13.1 Å². The van der Waals surface area contributed by atoms with Crippen LogP contribution in [0.5, 0.6) is 0 Å². The van der Waals surface area contributed by atoms with E-state index in [-0.39, 0.29) is 12.4 Å². The highest BCUT2D eigenvalue weighted by atomic mass is 35.5. The van der Waals surface area contributed by atoms with Crippen LogP contribution >= 0.6 is 11.6 Å².